The van der Waals surface area contributed by atoms with Crippen LogP contribution < -0.4 is 10.6 Å². The van der Waals surface area contributed by atoms with Crippen LogP contribution in [-0.4, -0.2) is 34.7 Å². The molecule has 0 aliphatic heterocycles. The number of benzene rings is 2. The maximum absolute atomic E-state index is 12.5. The molecule has 27 heavy (non-hydrogen) atoms. The van der Waals surface area contributed by atoms with Crippen molar-refractivity contribution in [1.82, 2.24) is 14.5 Å². The van der Waals surface area contributed by atoms with Crippen LogP contribution in [-0.2, 0) is 11.3 Å². The van der Waals surface area contributed by atoms with Gasteiger partial charge in [0, 0.05) is 13.6 Å². The SMILES string of the molecule is Cc1cccc(C)c1-n1cnc(N(C)CCOCc2ccccc2)nc1=O. The molecule has 0 radical (unpaired) electrons. The number of anilines is 1. The van der Waals surface area contributed by atoms with Crippen LogP contribution in [0.2, 0.25) is 0 Å². The second-order valence-electron chi connectivity index (χ2n) is 6.51. The Hall–Kier alpha value is -2.99. The number of aromatic nitrogens is 3. The Bertz CT molecular complexity index is 934. The van der Waals surface area contributed by atoms with Gasteiger partial charge < -0.3 is 9.64 Å². The topological polar surface area (TPSA) is 60.3 Å². The van der Waals surface area contributed by atoms with Gasteiger partial charge in [0.25, 0.3) is 0 Å². The highest BCUT2D eigenvalue weighted by Gasteiger charge is 2.11. The van der Waals surface area contributed by atoms with Gasteiger partial charge >= 0.3 is 5.69 Å². The molecular formula is C21H24N4O2. The van der Waals surface area contributed by atoms with Crippen molar-refractivity contribution >= 4 is 5.95 Å². The predicted octanol–water partition coefficient (Wildman–Crippen LogP) is 2.90. The molecule has 0 aliphatic rings. The van der Waals surface area contributed by atoms with E-state index in [0.29, 0.717) is 25.7 Å². The van der Waals surface area contributed by atoms with Crippen molar-refractivity contribution in [2.24, 2.45) is 0 Å². The third kappa shape index (κ3) is 4.60. The van der Waals surface area contributed by atoms with Crippen molar-refractivity contribution in [2.75, 3.05) is 25.1 Å². The molecule has 0 fully saturated rings. The molecule has 140 valence electrons. The fraction of sp³-hybridized carbons (Fsp3) is 0.286. The lowest BCUT2D eigenvalue weighted by atomic mass is 10.1. The van der Waals surface area contributed by atoms with E-state index in [1.165, 1.54) is 4.57 Å². The zero-order valence-electron chi connectivity index (χ0n) is 15.9. The predicted molar refractivity (Wildman–Crippen MR) is 106 cm³/mol. The summed E-state index contributed by atoms with van der Waals surface area (Å²) in [7, 11) is 1.85. The van der Waals surface area contributed by atoms with Crippen LogP contribution in [0.1, 0.15) is 16.7 Å². The molecule has 0 N–H and O–H groups in total. The molecule has 1 heterocycles. The van der Waals surface area contributed by atoms with Crippen molar-refractivity contribution < 1.29 is 4.74 Å². The highest BCUT2D eigenvalue weighted by Crippen LogP contribution is 2.16. The summed E-state index contributed by atoms with van der Waals surface area (Å²) in [6, 6.07) is 15.9. The van der Waals surface area contributed by atoms with E-state index in [9.17, 15) is 4.79 Å². The monoisotopic (exact) mass is 364 g/mol. The number of ether oxygens (including phenoxy) is 1. The maximum atomic E-state index is 12.5. The lowest BCUT2D eigenvalue weighted by Gasteiger charge is -2.18. The van der Waals surface area contributed by atoms with E-state index in [1.807, 2.05) is 74.3 Å². The molecule has 3 rings (SSSR count). The number of nitrogens with zero attached hydrogens (tertiary/aromatic N) is 4. The average Bonchev–Trinajstić information content (AvgIpc) is 2.67. The van der Waals surface area contributed by atoms with Gasteiger partial charge in [0.15, 0.2) is 0 Å². The van der Waals surface area contributed by atoms with Crippen molar-refractivity contribution in [2.45, 2.75) is 20.5 Å². The second-order valence-corrected chi connectivity index (χ2v) is 6.51. The van der Waals surface area contributed by atoms with E-state index in [0.717, 1.165) is 22.4 Å². The summed E-state index contributed by atoms with van der Waals surface area (Å²) < 4.78 is 7.18. The minimum absolute atomic E-state index is 0.338. The van der Waals surface area contributed by atoms with E-state index in [1.54, 1.807) is 6.33 Å². The van der Waals surface area contributed by atoms with Crippen molar-refractivity contribution in [3.05, 3.63) is 82.0 Å². The van der Waals surface area contributed by atoms with Crippen molar-refractivity contribution in [3.63, 3.8) is 0 Å². The van der Waals surface area contributed by atoms with Crippen LogP contribution in [0.15, 0.2) is 59.7 Å². The molecule has 0 saturated heterocycles. The lowest BCUT2D eigenvalue weighted by molar-refractivity contribution is 0.127. The molecule has 0 unspecified atom stereocenters. The fourth-order valence-electron chi connectivity index (χ4n) is 2.92. The van der Waals surface area contributed by atoms with Gasteiger partial charge in [-0.3, -0.25) is 4.57 Å². The van der Waals surface area contributed by atoms with Gasteiger partial charge in [0.05, 0.1) is 18.9 Å². The van der Waals surface area contributed by atoms with Gasteiger partial charge in [-0.15, -0.1) is 0 Å². The minimum Gasteiger partial charge on any atom is -0.375 e. The molecule has 0 saturated carbocycles. The van der Waals surface area contributed by atoms with Gasteiger partial charge in [-0.05, 0) is 30.5 Å². The van der Waals surface area contributed by atoms with Gasteiger partial charge in [0.1, 0.15) is 6.33 Å². The van der Waals surface area contributed by atoms with Crippen LogP contribution in [0.4, 0.5) is 5.95 Å². The normalized spacial score (nSPS) is 10.8. The highest BCUT2D eigenvalue weighted by atomic mass is 16.5. The van der Waals surface area contributed by atoms with E-state index >= 15 is 0 Å². The van der Waals surface area contributed by atoms with E-state index < -0.39 is 0 Å². The molecule has 1 aromatic heterocycles. The Balaban J connectivity index is 1.64. The lowest BCUT2D eigenvalue weighted by Crippen LogP contribution is -2.30. The Kier molecular flexibility index (Phi) is 5.98. The molecule has 0 bridgehead atoms. The Labute approximate surface area is 159 Å². The van der Waals surface area contributed by atoms with Crippen LogP contribution in [0, 0.1) is 13.8 Å². The van der Waals surface area contributed by atoms with Crippen LogP contribution in [0.25, 0.3) is 5.69 Å². The van der Waals surface area contributed by atoms with Crippen LogP contribution >= 0.6 is 0 Å². The molecule has 0 amide bonds. The molecule has 6 nitrogen and oxygen atoms in total. The molecule has 0 atom stereocenters. The summed E-state index contributed by atoms with van der Waals surface area (Å²) in [6.45, 7) is 5.62. The smallest absolute Gasteiger partial charge is 0.356 e. The van der Waals surface area contributed by atoms with Crippen LogP contribution in [0.5, 0.6) is 0 Å². The zero-order chi connectivity index (χ0) is 19.2. The zero-order valence-corrected chi connectivity index (χ0v) is 15.9. The number of likely N-dealkylation sites (N-methyl/N-ethyl adjacent to an activating group) is 1. The van der Waals surface area contributed by atoms with Gasteiger partial charge in [0.2, 0.25) is 5.95 Å². The first-order valence-electron chi connectivity index (χ1n) is 8.91. The summed E-state index contributed by atoms with van der Waals surface area (Å²) in [4.78, 5) is 22.8. The largest absolute Gasteiger partial charge is 0.375 e. The number of hydrogen-bond donors (Lipinski definition) is 0. The molecule has 6 heteroatoms. The summed E-state index contributed by atoms with van der Waals surface area (Å²) in [5.74, 6) is 0.394. The standard InChI is InChI=1S/C21H24N4O2/c1-16-8-7-9-17(2)19(16)25-15-22-20(23-21(25)26)24(3)12-13-27-14-18-10-5-4-6-11-18/h4-11,15H,12-14H2,1-3H3. The summed E-state index contributed by atoms with van der Waals surface area (Å²) in [5, 5.41) is 0. The first-order valence-corrected chi connectivity index (χ1v) is 8.91. The maximum Gasteiger partial charge on any atom is 0.356 e. The molecule has 3 aromatic rings. The minimum atomic E-state index is -0.338. The quantitative estimate of drug-likeness (QED) is 0.603. The molecule has 0 aliphatic carbocycles. The highest BCUT2D eigenvalue weighted by molar-refractivity contribution is 5.46. The van der Waals surface area contributed by atoms with Crippen LogP contribution in [0.3, 0.4) is 0 Å². The van der Waals surface area contributed by atoms with Gasteiger partial charge in [-0.1, -0.05) is 48.5 Å². The summed E-state index contributed by atoms with van der Waals surface area (Å²) in [6.07, 6.45) is 1.54. The fourth-order valence-corrected chi connectivity index (χ4v) is 2.92. The third-order valence-electron chi connectivity index (χ3n) is 4.39. The van der Waals surface area contributed by atoms with E-state index in [2.05, 4.69) is 9.97 Å². The Morgan fingerprint density at radius 2 is 1.74 bits per heavy atom. The number of aryl methyl sites for hydroxylation is 2. The molecule has 2 aromatic carbocycles. The molecule has 0 spiro atoms. The molecular weight excluding hydrogens is 340 g/mol. The summed E-state index contributed by atoms with van der Waals surface area (Å²) in [5.41, 5.74) is 3.65. The number of para-hydroxylation sites is 1. The van der Waals surface area contributed by atoms with Crippen molar-refractivity contribution in [1.29, 1.82) is 0 Å². The van der Waals surface area contributed by atoms with Gasteiger partial charge in [-0.25, -0.2) is 9.78 Å². The Morgan fingerprint density at radius 1 is 1.04 bits per heavy atom. The van der Waals surface area contributed by atoms with Gasteiger partial charge in [-0.2, -0.15) is 4.98 Å². The first kappa shape index (κ1) is 18.8. The average molecular weight is 364 g/mol. The Morgan fingerprint density at radius 3 is 2.41 bits per heavy atom. The van der Waals surface area contributed by atoms with E-state index in [-0.39, 0.29) is 5.69 Å². The number of hydrogen-bond acceptors (Lipinski definition) is 5. The number of rotatable bonds is 7. The second kappa shape index (κ2) is 8.60. The third-order valence-corrected chi connectivity index (χ3v) is 4.39. The van der Waals surface area contributed by atoms with E-state index in [4.69, 9.17) is 4.74 Å². The first-order chi connectivity index (χ1) is 13.1. The summed E-state index contributed by atoms with van der Waals surface area (Å²) >= 11 is 0. The van der Waals surface area contributed by atoms with Crippen molar-refractivity contribution in [3.8, 4) is 5.69 Å².